The first-order valence-electron chi connectivity index (χ1n) is 7.25. The van der Waals surface area contributed by atoms with E-state index in [-0.39, 0.29) is 6.04 Å². The Balaban J connectivity index is 2.01. The van der Waals surface area contributed by atoms with Crippen LogP contribution in [0.25, 0.3) is 0 Å². The SMILES string of the molecule is CCC(N)Cc1cccc(Br)c1OCCc1ccncc1. The molecular weight excluding hydrogens is 328 g/mol. The molecule has 4 heteroatoms. The zero-order valence-electron chi connectivity index (χ0n) is 12.3. The van der Waals surface area contributed by atoms with Gasteiger partial charge in [-0.05, 0) is 58.1 Å². The summed E-state index contributed by atoms with van der Waals surface area (Å²) in [5.41, 5.74) is 8.45. The Morgan fingerprint density at radius 3 is 2.71 bits per heavy atom. The van der Waals surface area contributed by atoms with Crippen molar-refractivity contribution in [2.24, 2.45) is 5.73 Å². The maximum absolute atomic E-state index is 6.07. The van der Waals surface area contributed by atoms with Gasteiger partial charge in [-0.15, -0.1) is 0 Å². The first kappa shape index (κ1) is 16.0. The van der Waals surface area contributed by atoms with Crippen LogP contribution in [0.5, 0.6) is 5.75 Å². The summed E-state index contributed by atoms with van der Waals surface area (Å²) in [5, 5.41) is 0. The largest absolute Gasteiger partial charge is 0.492 e. The van der Waals surface area contributed by atoms with Crippen molar-refractivity contribution >= 4 is 15.9 Å². The molecule has 2 N–H and O–H groups in total. The van der Waals surface area contributed by atoms with Gasteiger partial charge in [0, 0.05) is 24.9 Å². The van der Waals surface area contributed by atoms with Crippen LogP contribution in [0.15, 0.2) is 47.2 Å². The van der Waals surface area contributed by atoms with Crippen LogP contribution in [0.2, 0.25) is 0 Å². The van der Waals surface area contributed by atoms with Crippen LogP contribution < -0.4 is 10.5 Å². The van der Waals surface area contributed by atoms with Crippen LogP contribution in [0.4, 0.5) is 0 Å². The number of benzene rings is 1. The molecule has 0 spiro atoms. The first-order valence-corrected chi connectivity index (χ1v) is 8.04. The topological polar surface area (TPSA) is 48.1 Å². The van der Waals surface area contributed by atoms with Gasteiger partial charge in [-0.2, -0.15) is 0 Å². The van der Waals surface area contributed by atoms with Crippen molar-refractivity contribution in [2.75, 3.05) is 6.61 Å². The minimum atomic E-state index is 0.168. The summed E-state index contributed by atoms with van der Waals surface area (Å²) in [6.07, 6.45) is 6.27. The average Bonchev–Trinajstić information content (AvgIpc) is 2.51. The smallest absolute Gasteiger partial charge is 0.136 e. The van der Waals surface area contributed by atoms with Crippen LogP contribution in [0.3, 0.4) is 0 Å². The van der Waals surface area contributed by atoms with Crippen molar-refractivity contribution in [3.8, 4) is 5.75 Å². The molecule has 0 aliphatic carbocycles. The van der Waals surface area contributed by atoms with E-state index in [2.05, 4.69) is 33.9 Å². The molecule has 0 bridgehead atoms. The molecular formula is C17H21BrN2O. The minimum Gasteiger partial charge on any atom is -0.492 e. The number of nitrogens with two attached hydrogens (primary N) is 1. The number of nitrogens with zero attached hydrogens (tertiary/aromatic N) is 1. The van der Waals surface area contributed by atoms with Gasteiger partial charge in [0.2, 0.25) is 0 Å². The molecule has 1 heterocycles. The van der Waals surface area contributed by atoms with Gasteiger partial charge in [0.05, 0.1) is 11.1 Å². The molecule has 3 nitrogen and oxygen atoms in total. The zero-order chi connectivity index (χ0) is 15.1. The number of para-hydroxylation sites is 1. The number of aromatic nitrogens is 1. The molecule has 0 aliphatic rings. The summed E-state index contributed by atoms with van der Waals surface area (Å²) in [7, 11) is 0. The Bertz CT molecular complexity index is 560. The fourth-order valence-corrected chi connectivity index (χ4v) is 2.64. The molecule has 0 fully saturated rings. The third-order valence-corrected chi connectivity index (χ3v) is 4.07. The quantitative estimate of drug-likeness (QED) is 0.828. The highest BCUT2D eigenvalue weighted by Crippen LogP contribution is 2.30. The third kappa shape index (κ3) is 4.83. The van der Waals surface area contributed by atoms with E-state index in [1.54, 1.807) is 12.4 Å². The molecule has 1 aromatic heterocycles. The predicted molar refractivity (Wildman–Crippen MR) is 89.5 cm³/mol. The van der Waals surface area contributed by atoms with Gasteiger partial charge >= 0.3 is 0 Å². The van der Waals surface area contributed by atoms with E-state index in [0.717, 1.165) is 35.0 Å². The van der Waals surface area contributed by atoms with E-state index < -0.39 is 0 Å². The number of pyridine rings is 1. The van der Waals surface area contributed by atoms with E-state index >= 15 is 0 Å². The lowest BCUT2D eigenvalue weighted by molar-refractivity contribution is 0.315. The van der Waals surface area contributed by atoms with Gasteiger partial charge in [0.15, 0.2) is 0 Å². The molecule has 2 rings (SSSR count). The molecule has 2 aromatic rings. The van der Waals surface area contributed by atoms with Gasteiger partial charge in [0.1, 0.15) is 5.75 Å². The van der Waals surface area contributed by atoms with E-state index in [9.17, 15) is 0 Å². The van der Waals surface area contributed by atoms with Crippen molar-refractivity contribution in [3.05, 3.63) is 58.3 Å². The van der Waals surface area contributed by atoms with Crippen LogP contribution in [0, 0.1) is 0 Å². The van der Waals surface area contributed by atoms with Crippen LogP contribution in [0.1, 0.15) is 24.5 Å². The summed E-state index contributed by atoms with van der Waals surface area (Å²) < 4.78 is 6.98. The lowest BCUT2D eigenvalue weighted by Crippen LogP contribution is -2.22. The Hall–Kier alpha value is -1.39. The molecule has 0 radical (unpaired) electrons. The molecule has 0 amide bonds. The summed E-state index contributed by atoms with van der Waals surface area (Å²) in [6.45, 7) is 2.74. The maximum Gasteiger partial charge on any atom is 0.136 e. The molecule has 1 atom stereocenters. The van der Waals surface area contributed by atoms with Crippen LogP contribution in [-0.4, -0.2) is 17.6 Å². The Kier molecular flexibility index (Phi) is 6.21. The molecule has 0 aliphatic heterocycles. The molecule has 1 unspecified atom stereocenters. The fourth-order valence-electron chi connectivity index (χ4n) is 2.12. The van der Waals surface area contributed by atoms with E-state index in [4.69, 9.17) is 10.5 Å². The van der Waals surface area contributed by atoms with Gasteiger partial charge in [-0.3, -0.25) is 4.98 Å². The number of rotatable bonds is 7. The molecule has 112 valence electrons. The first-order chi connectivity index (χ1) is 10.2. The summed E-state index contributed by atoms with van der Waals surface area (Å²) >= 11 is 3.57. The Morgan fingerprint density at radius 1 is 1.24 bits per heavy atom. The lowest BCUT2D eigenvalue weighted by Gasteiger charge is -2.16. The van der Waals surface area contributed by atoms with E-state index in [0.29, 0.717) is 6.61 Å². The summed E-state index contributed by atoms with van der Waals surface area (Å²) in [5.74, 6) is 0.912. The highest BCUT2D eigenvalue weighted by molar-refractivity contribution is 9.10. The molecule has 1 aromatic carbocycles. The summed E-state index contributed by atoms with van der Waals surface area (Å²) in [4.78, 5) is 4.02. The van der Waals surface area contributed by atoms with Crippen LogP contribution in [-0.2, 0) is 12.8 Å². The lowest BCUT2D eigenvalue weighted by atomic mass is 10.0. The molecule has 0 saturated heterocycles. The van der Waals surface area contributed by atoms with Crippen molar-refractivity contribution in [2.45, 2.75) is 32.2 Å². The Morgan fingerprint density at radius 2 is 2.00 bits per heavy atom. The number of ether oxygens (including phenoxy) is 1. The second-order valence-corrected chi connectivity index (χ2v) is 5.91. The van der Waals surface area contributed by atoms with Crippen molar-refractivity contribution in [1.82, 2.24) is 4.98 Å². The number of hydrogen-bond acceptors (Lipinski definition) is 3. The zero-order valence-corrected chi connectivity index (χ0v) is 13.8. The van der Waals surface area contributed by atoms with Crippen molar-refractivity contribution in [3.63, 3.8) is 0 Å². The van der Waals surface area contributed by atoms with Gasteiger partial charge in [-0.1, -0.05) is 19.1 Å². The fraction of sp³-hybridized carbons (Fsp3) is 0.353. The summed E-state index contributed by atoms with van der Waals surface area (Å²) in [6, 6.07) is 10.3. The van der Waals surface area contributed by atoms with Gasteiger partial charge in [-0.25, -0.2) is 0 Å². The normalized spacial score (nSPS) is 12.1. The second-order valence-electron chi connectivity index (χ2n) is 5.05. The highest BCUT2D eigenvalue weighted by atomic mass is 79.9. The Labute approximate surface area is 134 Å². The minimum absolute atomic E-state index is 0.168. The standard InChI is InChI=1S/C17H21BrN2O/c1-2-15(19)12-14-4-3-5-16(18)17(14)21-11-8-13-6-9-20-10-7-13/h3-7,9-10,15H,2,8,11-12,19H2,1H3. The molecule has 21 heavy (non-hydrogen) atoms. The average molecular weight is 349 g/mol. The van der Waals surface area contributed by atoms with Crippen molar-refractivity contribution in [1.29, 1.82) is 0 Å². The van der Waals surface area contributed by atoms with Crippen LogP contribution >= 0.6 is 15.9 Å². The second kappa shape index (κ2) is 8.15. The maximum atomic E-state index is 6.07. The highest BCUT2D eigenvalue weighted by Gasteiger charge is 2.11. The van der Waals surface area contributed by atoms with Crippen molar-refractivity contribution < 1.29 is 4.74 Å². The van der Waals surface area contributed by atoms with E-state index in [1.807, 2.05) is 24.3 Å². The van der Waals surface area contributed by atoms with Gasteiger partial charge in [0.25, 0.3) is 0 Å². The monoisotopic (exact) mass is 348 g/mol. The number of hydrogen-bond donors (Lipinski definition) is 1. The third-order valence-electron chi connectivity index (χ3n) is 3.44. The van der Waals surface area contributed by atoms with Gasteiger partial charge < -0.3 is 10.5 Å². The van der Waals surface area contributed by atoms with E-state index in [1.165, 1.54) is 5.56 Å². The number of halogens is 1. The predicted octanol–water partition coefficient (Wildman–Crippen LogP) is 3.75. The molecule has 0 saturated carbocycles.